The molecule has 1 heterocycles. The van der Waals surface area contributed by atoms with Crippen LogP contribution in [0.3, 0.4) is 0 Å². The van der Waals surface area contributed by atoms with Gasteiger partial charge in [-0.1, -0.05) is 0 Å². The summed E-state index contributed by atoms with van der Waals surface area (Å²) in [7, 11) is 0. The van der Waals surface area contributed by atoms with E-state index < -0.39 is 17.8 Å². The van der Waals surface area contributed by atoms with Gasteiger partial charge in [-0.25, -0.2) is 0 Å². The number of furan rings is 1. The standard InChI is InChI=1S/C10H13NO5/c12-6-7(4-9(13)14)5-11-10(15)8-2-1-3-16-8/h1-3,7,12H,4-6H2,(H,11,15)(H,13,14). The molecule has 1 atom stereocenters. The lowest BCUT2D eigenvalue weighted by Gasteiger charge is -2.11. The maximum absolute atomic E-state index is 11.4. The van der Waals surface area contributed by atoms with E-state index in [9.17, 15) is 9.59 Å². The van der Waals surface area contributed by atoms with E-state index in [0.717, 1.165) is 0 Å². The number of aliphatic carboxylic acids is 1. The molecule has 0 saturated carbocycles. The first kappa shape index (κ1) is 12.3. The number of carboxylic acid groups (broad SMARTS) is 1. The second-order valence-corrected chi connectivity index (χ2v) is 3.33. The molecule has 1 aromatic heterocycles. The van der Waals surface area contributed by atoms with Crippen molar-refractivity contribution in [2.45, 2.75) is 6.42 Å². The number of aliphatic hydroxyl groups is 1. The lowest BCUT2D eigenvalue weighted by molar-refractivity contribution is -0.138. The van der Waals surface area contributed by atoms with E-state index >= 15 is 0 Å². The molecule has 0 saturated heterocycles. The third kappa shape index (κ3) is 3.74. The van der Waals surface area contributed by atoms with Crippen molar-refractivity contribution >= 4 is 11.9 Å². The van der Waals surface area contributed by atoms with Crippen LogP contribution in [0.25, 0.3) is 0 Å². The van der Waals surface area contributed by atoms with Gasteiger partial charge in [0, 0.05) is 19.1 Å². The van der Waals surface area contributed by atoms with E-state index in [1.54, 1.807) is 6.07 Å². The fraction of sp³-hybridized carbons (Fsp3) is 0.400. The van der Waals surface area contributed by atoms with E-state index in [2.05, 4.69) is 5.32 Å². The summed E-state index contributed by atoms with van der Waals surface area (Å²) >= 11 is 0. The van der Waals surface area contributed by atoms with E-state index in [0.29, 0.717) is 0 Å². The Morgan fingerprint density at radius 1 is 1.50 bits per heavy atom. The summed E-state index contributed by atoms with van der Waals surface area (Å²) < 4.78 is 4.85. The van der Waals surface area contributed by atoms with Gasteiger partial charge < -0.3 is 19.9 Å². The molecule has 16 heavy (non-hydrogen) atoms. The van der Waals surface area contributed by atoms with Crippen molar-refractivity contribution in [2.75, 3.05) is 13.2 Å². The van der Waals surface area contributed by atoms with Gasteiger partial charge in [-0.15, -0.1) is 0 Å². The van der Waals surface area contributed by atoms with Crippen molar-refractivity contribution in [2.24, 2.45) is 5.92 Å². The van der Waals surface area contributed by atoms with Crippen LogP contribution in [-0.4, -0.2) is 35.2 Å². The normalized spacial score (nSPS) is 12.1. The molecule has 0 aliphatic heterocycles. The summed E-state index contributed by atoms with van der Waals surface area (Å²) in [5, 5.41) is 19.9. The molecule has 1 aromatic rings. The number of carbonyl (C=O) groups excluding carboxylic acids is 1. The number of carbonyl (C=O) groups is 2. The first-order valence-electron chi connectivity index (χ1n) is 4.78. The van der Waals surface area contributed by atoms with E-state index in [1.165, 1.54) is 12.3 Å². The number of amides is 1. The van der Waals surface area contributed by atoms with Crippen LogP contribution in [-0.2, 0) is 4.79 Å². The van der Waals surface area contributed by atoms with Crippen LogP contribution in [0.5, 0.6) is 0 Å². The Morgan fingerprint density at radius 3 is 2.75 bits per heavy atom. The van der Waals surface area contributed by atoms with Crippen LogP contribution in [0.2, 0.25) is 0 Å². The summed E-state index contributed by atoms with van der Waals surface area (Å²) in [5.41, 5.74) is 0. The molecular formula is C10H13NO5. The van der Waals surface area contributed by atoms with Crippen molar-refractivity contribution < 1.29 is 24.2 Å². The van der Waals surface area contributed by atoms with Gasteiger partial charge in [0.15, 0.2) is 5.76 Å². The molecule has 0 spiro atoms. The fourth-order valence-electron chi connectivity index (χ4n) is 1.18. The highest BCUT2D eigenvalue weighted by atomic mass is 16.4. The Labute approximate surface area is 91.9 Å². The molecule has 6 heteroatoms. The van der Waals surface area contributed by atoms with Crippen molar-refractivity contribution in [1.82, 2.24) is 5.32 Å². The predicted octanol–water partition coefficient (Wildman–Crippen LogP) is 0.0926. The fourth-order valence-corrected chi connectivity index (χ4v) is 1.18. The molecule has 0 fully saturated rings. The van der Waals surface area contributed by atoms with Crippen LogP contribution in [0.1, 0.15) is 17.0 Å². The summed E-state index contributed by atoms with van der Waals surface area (Å²) in [6.07, 6.45) is 1.19. The summed E-state index contributed by atoms with van der Waals surface area (Å²) in [4.78, 5) is 21.8. The number of rotatable bonds is 6. The second kappa shape index (κ2) is 5.92. The molecule has 0 bridgehead atoms. The third-order valence-corrected chi connectivity index (χ3v) is 2.02. The van der Waals surface area contributed by atoms with Crippen molar-refractivity contribution in [3.8, 4) is 0 Å². The van der Waals surface area contributed by atoms with Gasteiger partial charge in [-0.2, -0.15) is 0 Å². The Kier molecular flexibility index (Phi) is 4.53. The Hall–Kier alpha value is -1.82. The van der Waals surface area contributed by atoms with Crippen LogP contribution >= 0.6 is 0 Å². The minimum absolute atomic E-state index is 0.0995. The smallest absolute Gasteiger partial charge is 0.303 e. The average Bonchev–Trinajstić information content (AvgIpc) is 2.76. The third-order valence-electron chi connectivity index (χ3n) is 2.02. The van der Waals surface area contributed by atoms with Gasteiger partial charge in [0.2, 0.25) is 0 Å². The first-order chi connectivity index (χ1) is 7.63. The molecule has 88 valence electrons. The monoisotopic (exact) mass is 227 g/mol. The van der Waals surface area contributed by atoms with E-state index in [-0.39, 0.29) is 25.3 Å². The predicted molar refractivity (Wildman–Crippen MR) is 53.9 cm³/mol. The Bertz CT molecular complexity index is 346. The van der Waals surface area contributed by atoms with Gasteiger partial charge in [0.1, 0.15) is 0 Å². The minimum Gasteiger partial charge on any atom is -0.481 e. The SMILES string of the molecule is O=C(O)CC(CO)CNC(=O)c1ccco1. The number of nitrogens with one attached hydrogen (secondary N) is 1. The largest absolute Gasteiger partial charge is 0.481 e. The Balaban J connectivity index is 2.38. The Morgan fingerprint density at radius 2 is 2.25 bits per heavy atom. The zero-order chi connectivity index (χ0) is 12.0. The minimum atomic E-state index is -1.01. The van der Waals surface area contributed by atoms with Gasteiger partial charge in [-0.05, 0) is 12.1 Å². The van der Waals surface area contributed by atoms with Gasteiger partial charge >= 0.3 is 5.97 Å². The molecule has 0 aliphatic rings. The van der Waals surface area contributed by atoms with Crippen molar-refractivity contribution in [3.63, 3.8) is 0 Å². The summed E-state index contributed by atoms with van der Waals surface area (Å²) in [6.45, 7) is -0.187. The maximum atomic E-state index is 11.4. The van der Waals surface area contributed by atoms with Gasteiger partial charge in [-0.3, -0.25) is 9.59 Å². The topological polar surface area (TPSA) is 99.8 Å². The molecule has 1 amide bonds. The maximum Gasteiger partial charge on any atom is 0.303 e. The molecule has 1 unspecified atom stereocenters. The highest BCUT2D eigenvalue weighted by Crippen LogP contribution is 2.03. The molecule has 0 aliphatic carbocycles. The van der Waals surface area contributed by atoms with Crippen LogP contribution in [0.4, 0.5) is 0 Å². The lowest BCUT2D eigenvalue weighted by atomic mass is 10.1. The highest BCUT2D eigenvalue weighted by Gasteiger charge is 2.15. The van der Waals surface area contributed by atoms with Crippen LogP contribution in [0.15, 0.2) is 22.8 Å². The van der Waals surface area contributed by atoms with Crippen LogP contribution < -0.4 is 5.32 Å². The van der Waals surface area contributed by atoms with Crippen molar-refractivity contribution in [1.29, 1.82) is 0 Å². The quantitative estimate of drug-likeness (QED) is 0.639. The van der Waals surface area contributed by atoms with Gasteiger partial charge in [0.05, 0.1) is 12.7 Å². The van der Waals surface area contributed by atoms with Crippen molar-refractivity contribution in [3.05, 3.63) is 24.2 Å². The van der Waals surface area contributed by atoms with Crippen LogP contribution in [0, 0.1) is 5.92 Å². The van der Waals surface area contributed by atoms with Gasteiger partial charge in [0.25, 0.3) is 5.91 Å². The molecule has 1 rings (SSSR count). The molecule has 3 N–H and O–H groups in total. The molecule has 6 nitrogen and oxygen atoms in total. The molecular weight excluding hydrogens is 214 g/mol. The zero-order valence-electron chi connectivity index (χ0n) is 8.55. The number of hydrogen-bond donors (Lipinski definition) is 3. The summed E-state index contributed by atoms with van der Waals surface area (Å²) in [5.74, 6) is -1.76. The first-order valence-corrected chi connectivity index (χ1v) is 4.78. The summed E-state index contributed by atoms with van der Waals surface area (Å²) in [6, 6.07) is 3.08. The number of aliphatic hydroxyl groups excluding tert-OH is 1. The molecule has 0 aromatic carbocycles. The number of carboxylic acids is 1. The lowest BCUT2D eigenvalue weighted by Crippen LogP contribution is -2.31. The average molecular weight is 227 g/mol. The zero-order valence-corrected chi connectivity index (χ0v) is 8.55. The van der Waals surface area contributed by atoms with E-state index in [1.807, 2.05) is 0 Å². The molecule has 0 radical (unpaired) electrons. The van der Waals surface area contributed by atoms with E-state index in [4.69, 9.17) is 14.6 Å². The second-order valence-electron chi connectivity index (χ2n) is 3.33. The highest BCUT2D eigenvalue weighted by molar-refractivity contribution is 5.91. The number of hydrogen-bond acceptors (Lipinski definition) is 4.